The normalized spacial score (nSPS) is 27.8. The third-order valence-electron chi connectivity index (χ3n) is 4.75. The number of hydrogen-bond acceptors (Lipinski definition) is 3. The molecule has 4 unspecified atom stereocenters. The van der Waals surface area contributed by atoms with E-state index in [0.717, 1.165) is 18.3 Å². The predicted molar refractivity (Wildman–Crippen MR) is 89.6 cm³/mol. The summed E-state index contributed by atoms with van der Waals surface area (Å²) in [6.07, 6.45) is 3.82. The Balaban J connectivity index is 1.72. The molecule has 3 heteroatoms. The molecule has 0 amide bonds. The van der Waals surface area contributed by atoms with E-state index < -0.39 is 0 Å². The van der Waals surface area contributed by atoms with E-state index in [1.54, 1.807) is 0 Å². The van der Waals surface area contributed by atoms with E-state index in [1.165, 1.54) is 22.6 Å². The van der Waals surface area contributed by atoms with Gasteiger partial charge in [-0.2, -0.15) is 0 Å². The van der Waals surface area contributed by atoms with Crippen molar-refractivity contribution in [2.45, 2.75) is 45.2 Å². The second-order valence-electron chi connectivity index (χ2n) is 6.04. The summed E-state index contributed by atoms with van der Waals surface area (Å²) >= 11 is 3.75. The molecule has 1 nitrogen and oxygen atoms in total. The molecular weight excluding hydrogens is 282 g/mol. The van der Waals surface area contributed by atoms with Crippen molar-refractivity contribution in [2.24, 2.45) is 11.8 Å². The molecule has 0 saturated heterocycles. The first-order chi connectivity index (χ1) is 9.74. The molecule has 1 N–H and O–H groups in total. The van der Waals surface area contributed by atoms with Crippen molar-refractivity contribution in [2.75, 3.05) is 0 Å². The molecule has 1 aliphatic carbocycles. The molecule has 20 heavy (non-hydrogen) atoms. The molecule has 0 aliphatic heterocycles. The van der Waals surface area contributed by atoms with Crippen molar-refractivity contribution in [3.05, 3.63) is 44.8 Å². The topological polar surface area (TPSA) is 12.0 Å². The molecule has 2 aromatic heterocycles. The lowest BCUT2D eigenvalue weighted by molar-refractivity contribution is 0.340. The Kier molecular flexibility index (Phi) is 4.59. The van der Waals surface area contributed by atoms with Gasteiger partial charge >= 0.3 is 0 Å². The van der Waals surface area contributed by atoms with Crippen LogP contribution < -0.4 is 5.32 Å². The van der Waals surface area contributed by atoms with Gasteiger partial charge in [0.2, 0.25) is 0 Å². The van der Waals surface area contributed by atoms with Gasteiger partial charge in [0.05, 0.1) is 0 Å². The molecule has 0 radical (unpaired) electrons. The zero-order valence-corrected chi connectivity index (χ0v) is 13.8. The summed E-state index contributed by atoms with van der Waals surface area (Å²) in [7, 11) is 0. The van der Waals surface area contributed by atoms with Gasteiger partial charge in [-0.25, -0.2) is 0 Å². The van der Waals surface area contributed by atoms with Crippen LogP contribution in [0.25, 0.3) is 0 Å². The standard InChI is InChI=1S/C17H23NS2/c1-12-7-8-15(13(12)2)18-16(17-6-4-10-20-17)11-14-5-3-9-19-14/h3-6,9-10,12-13,15-16,18H,7-8,11H2,1-2H3. The van der Waals surface area contributed by atoms with E-state index >= 15 is 0 Å². The smallest absolute Gasteiger partial charge is 0.0465 e. The summed E-state index contributed by atoms with van der Waals surface area (Å²) in [6.45, 7) is 4.80. The number of nitrogens with one attached hydrogen (secondary N) is 1. The summed E-state index contributed by atoms with van der Waals surface area (Å²) in [6, 6.07) is 10.0. The SMILES string of the molecule is CC1CCC(NC(Cc2cccs2)c2cccs2)C1C. The monoisotopic (exact) mass is 305 g/mol. The van der Waals surface area contributed by atoms with Crippen molar-refractivity contribution < 1.29 is 0 Å². The van der Waals surface area contributed by atoms with Gasteiger partial charge in [0.1, 0.15) is 0 Å². The van der Waals surface area contributed by atoms with Gasteiger partial charge in [0.15, 0.2) is 0 Å². The second-order valence-corrected chi connectivity index (χ2v) is 8.05. The molecule has 2 aromatic rings. The average molecular weight is 306 g/mol. The van der Waals surface area contributed by atoms with Crippen LogP contribution in [0, 0.1) is 11.8 Å². The van der Waals surface area contributed by atoms with Gasteiger partial charge in [-0.3, -0.25) is 0 Å². The fraction of sp³-hybridized carbons (Fsp3) is 0.529. The van der Waals surface area contributed by atoms with Crippen molar-refractivity contribution >= 4 is 22.7 Å². The second kappa shape index (κ2) is 6.42. The Hall–Kier alpha value is -0.640. The lowest BCUT2D eigenvalue weighted by atomic mass is 9.96. The maximum Gasteiger partial charge on any atom is 0.0465 e. The minimum absolute atomic E-state index is 0.478. The number of rotatable bonds is 5. The van der Waals surface area contributed by atoms with Crippen LogP contribution in [0.1, 0.15) is 42.5 Å². The number of hydrogen-bond donors (Lipinski definition) is 1. The molecule has 0 aromatic carbocycles. The van der Waals surface area contributed by atoms with Gasteiger partial charge in [-0.15, -0.1) is 22.7 Å². The van der Waals surface area contributed by atoms with E-state index in [4.69, 9.17) is 0 Å². The molecule has 4 atom stereocenters. The van der Waals surface area contributed by atoms with Crippen molar-refractivity contribution in [1.29, 1.82) is 0 Å². The van der Waals surface area contributed by atoms with E-state index in [9.17, 15) is 0 Å². The van der Waals surface area contributed by atoms with Gasteiger partial charge < -0.3 is 5.32 Å². The lowest BCUT2D eigenvalue weighted by Crippen LogP contribution is -2.36. The summed E-state index contributed by atoms with van der Waals surface area (Å²) in [4.78, 5) is 2.96. The van der Waals surface area contributed by atoms with Crippen molar-refractivity contribution in [3.8, 4) is 0 Å². The van der Waals surface area contributed by atoms with Crippen LogP contribution in [0.2, 0.25) is 0 Å². The first kappa shape index (κ1) is 14.3. The fourth-order valence-electron chi connectivity index (χ4n) is 3.22. The first-order valence-electron chi connectivity index (χ1n) is 7.56. The summed E-state index contributed by atoms with van der Waals surface area (Å²) in [5.41, 5.74) is 0. The molecule has 1 saturated carbocycles. The zero-order chi connectivity index (χ0) is 13.9. The Labute approximate surface area is 130 Å². The molecule has 0 bridgehead atoms. The fourth-order valence-corrected chi connectivity index (χ4v) is 4.76. The van der Waals surface area contributed by atoms with Crippen LogP contribution in [0.15, 0.2) is 35.0 Å². The van der Waals surface area contributed by atoms with Crippen LogP contribution in [0.4, 0.5) is 0 Å². The molecule has 1 aliphatic rings. The summed E-state index contributed by atoms with van der Waals surface area (Å²) < 4.78 is 0. The third kappa shape index (κ3) is 3.16. The molecular formula is C17H23NS2. The van der Waals surface area contributed by atoms with Crippen molar-refractivity contribution in [3.63, 3.8) is 0 Å². The van der Waals surface area contributed by atoms with Gasteiger partial charge in [-0.05, 0) is 47.6 Å². The molecule has 108 valence electrons. The van der Waals surface area contributed by atoms with E-state index in [1.807, 2.05) is 22.7 Å². The van der Waals surface area contributed by atoms with Crippen molar-refractivity contribution in [1.82, 2.24) is 5.32 Å². The van der Waals surface area contributed by atoms with Crippen LogP contribution in [0.3, 0.4) is 0 Å². The average Bonchev–Trinajstić information content (AvgIpc) is 3.16. The van der Waals surface area contributed by atoms with Gasteiger partial charge in [-0.1, -0.05) is 26.0 Å². The Morgan fingerprint density at radius 2 is 1.95 bits per heavy atom. The lowest BCUT2D eigenvalue weighted by Gasteiger charge is -2.26. The maximum atomic E-state index is 3.95. The highest BCUT2D eigenvalue weighted by Gasteiger charge is 2.31. The van der Waals surface area contributed by atoms with Crippen LogP contribution in [-0.4, -0.2) is 6.04 Å². The Morgan fingerprint density at radius 3 is 2.55 bits per heavy atom. The van der Waals surface area contributed by atoms with E-state index in [-0.39, 0.29) is 0 Å². The Bertz CT molecular complexity index is 503. The van der Waals surface area contributed by atoms with Gasteiger partial charge in [0.25, 0.3) is 0 Å². The maximum absolute atomic E-state index is 3.95. The minimum atomic E-state index is 0.478. The Morgan fingerprint density at radius 1 is 1.15 bits per heavy atom. The highest BCUT2D eigenvalue weighted by atomic mass is 32.1. The zero-order valence-electron chi connectivity index (χ0n) is 12.2. The predicted octanol–water partition coefficient (Wildman–Crippen LogP) is 5.12. The quantitative estimate of drug-likeness (QED) is 0.808. The molecule has 2 heterocycles. The third-order valence-corrected chi connectivity index (χ3v) is 6.64. The highest BCUT2D eigenvalue weighted by Crippen LogP contribution is 2.34. The summed E-state index contributed by atoms with van der Waals surface area (Å²) in [5, 5.41) is 8.33. The highest BCUT2D eigenvalue weighted by molar-refractivity contribution is 7.10. The summed E-state index contributed by atoms with van der Waals surface area (Å²) in [5.74, 6) is 1.65. The largest absolute Gasteiger partial charge is 0.306 e. The van der Waals surface area contributed by atoms with E-state index in [0.29, 0.717) is 12.1 Å². The van der Waals surface area contributed by atoms with Crippen LogP contribution >= 0.6 is 22.7 Å². The molecule has 1 fully saturated rings. The minimum Gasteiger partial charge on any atom is -0.306 e. The van der Waals surface area contributed by atoms with Crippen LogP contribution in [-0.2, 0) is 6.42 Å². The number of thiophene rings is 2. The molecule has 0 spiro atoms. The van der Waals surface area contributed by atoms with Crippen LogP contribution in [0.5, 0.6) is 0 Å². The molecule has 3 rings (SSSR count). The first-order valence-corrected chi connectivity index (χ1v) is 9.32. The van der Waals surface area contributed by atoms with E-state index in [2.05, 4.69) is 54.2 Å². The van der Waals surface area contributed by atoms with Gasteiger partial charge in [0, 0.05) is 28.3 Å².